The largest absolute Gasteiger partial charge is 0.349 e. The number of benzene rings is 1. The van der Waals surface area contributed by atoms with Crippen molar-refractivity contribution in [3.8, 4) is 0 Å². The Morgan fingerprint density at radius 1 is 1.19 bits per heavy atom. The van der Waals surface area contributed by atoms with Gasteiger partial charge in [0.15, 0.2) is 0 Å². The maximum absolute atomic E-state index is 12.4. The minimum Gasteiger partial charge on any atom is -0.349 e. The number of carbonyl (C=O) groups excluding carboxylic acids is 2. The first-order valence-corrected chi connectivity index (χ1v) is 7.56. The van der Waals surface area contributed by atoms with Gasteiger partial charge >= 0.3 is 0 Å². The third kappa shape index (κ3) is 3.24. The van der Waals surface area contributed by atoms with Gasteiger partial charge in [-0.25, -0.2) is 0 Å². The van der Waals surface area contributed by atoms with Gasteiger partial charge in [-0.1, -0.05) is 19.1 Å². The van der Waals surface area contributed by atoms with Crippen LogP contribution in [0, 0.1) is 11.8 Å². The van der Waals surface area contributed by atoms with Gasteiger partial charge in [0.05, 0.1) is 17.2 Å². The lowest BCUT2D eigenvalue weighted by atomic mass is 9.97. The van der Waals surface area contributed by atoms with Crippen LogP contribution < -0.4 is 16.0 Å². The number of amides is 2. The van der Waals surface area contributed by atoms with E-state index in [1.807, 2.05) is 12.1 Å². The monoisotopic (exact) mass is 287 g/mol. The molecule has 1 aromatic rings. The molecule has 1 aliphatic carbocycles. The quantitative estimate of drug-likeness (QED) is 0.783. The molecule has 3 rings (SSSR count). The average Bonchev–Trinajstić information content (AvgIpc) is 3.17. The molecule has 1 saturated carbocycles. The van der Waals surface area contributed by atoms with Crippen molar-refractivity contribution in [1.82, 2.24) is 10.6 Å². The molecule has 5 heteroatoms. The predicted molar refractivity (Wildman–Crippen MR) is 81.1 cm³/mol. The van der Waals surface area contributed by atoms with E-state index in [2.05, 4.69) is 22.9 Å². The highest BCUT2D eigenvalue weighted by atomic mass is 16.2. The van der Waals surface area contributed by atoms with E-state index >= 15 is 0 Å². The molecule has 1 saturated heterocycles. The first kappa shape index (κ1) is 14.1. The minimum absolute atomic E-state index is 0.0147. The maximum Gasteiger partial charge on any atom is 0.253 e. The van der Waals surface area contributed by atoms with E-state index in [1.165, 1.54) is 0 Å². The fourth-order valence-corrected chi connectivity index (χ4v) is 2.67. The minimum atomic E-state index is -0.106. The summed E-state index contributed by atoms with van der Waals surface area (Å²) in [5.74, 6) is 0.159. The lowest BCUT2D eigenvalue weighted by Gasteiger charge is -2.16. The van der Waals surface area contributed by atoms with Crippen LogP contribution in [0.1, 0.15) is 30.1 Å². The van der Waals surface area contributed by atoms with Gasteiger partial charge in [-0.3, -0.25) is 9.59 Å². The Balaban J connectivity index is 1.72. The van der Waals surface area contributed by atoms with Gasteiger partial charge in [-0.05, 0) is 37.4 Å². The Morgan fingerprint density at radius 3 is 2.62 bits per heavy atom. The highest BCUT2D eigenvalue weighted by Gasteiger charge is 2.30. The lowest BCUT2D eigenvalue weighted by molar-refractivity contribution is -0.120. The third-order valence-electron chi connectivity index (χ3n) is 4.20. The first-order valence-electron chi connectivity index (χ1n) is 7.56. The molecular weight excluding hydrogens is 266 g/mol. The van der Waals surface area contributed by atoms with Gasteiger partial charge in [0, 0.05) is 12.6 Å². The molecule has 2 fully saturated rings. The van der Waals surface area contributed by atoms with Gasteiger partial charge in [0.25, 0.3) is 5.91 Å². The van der Waals surface area contributed by atoms with E-state index < -0.39 is 0 Å². The molecule has 0 unspecified atom stereocenters. The Morgan fingerprint density at radius 2 is 1.95 bits per heavy atom. The number of anilines is 1. The SMILES string of the molecule is C[C@@H]1CNC[C@H]1C(=O)Nc1ccccc1C(=O)NC1CC1. The molecule has 3 N–H and O–H groups in total. The van der Waals surface area contributed by atoms with Crippen LogP contribution in [0.3, 0.4) is 0 Å². The molecule has 5 nitrogen and oxygen atoms in total. The number of rotatable bonds is 4. The molecule has 1 heterocycles. The molecule has 1 aliphatic heterocycles. The van der Waals surface area contributed by atoms with E-state index in [-0.39, 0.29) is 17.7 Å². The summed E-state index contributed by atoms with van der Waals surface area (Å²) in [4.78, 5) is 24.6. The molecule has 0 spiro atoms. The summed E-state index contributed by atoms with van der Waals surface area (Å²) in [6.07, 6.45) is 2.09. The van der Waals surface area contributed by atoms with E-state index in [9.17, 15) is 9.59 Å². The Labute approximate surface area is 124 Å². The zero-order chi connectivity index (χ0) is 14.8. The molecule has 2 atom stereocenters. The van der Waals surface area contributed by atoms with Gasteiger partial charge in [0.2, 0.25) is 5.91 Å². The zero-order valence-corrected chi connectivity index (χ0v) is 12.2. The van der Waals surface area contributed by atoms with E-state index in [0.717, 1.165) is 19.4 Å². The highest BCUT2D eigenvalue weighted by molar-refractivity contribution is 6.04. The summed E-state index contributed by atoms with van der Waals surface area (Å²) in [7, 11) is 0. The van der Waals surface area contributed by atoms with Crippen molar-refractivity contribution in [1.29, 1.82) is 0 Å². The van der Waals surface area contributed by atoms with Gasteiger partial charge in [-0.2, -0.15) is 0 Å². The molecule has 0 aromatic heterocycles. The van der Waals surface area contributed by atoms with Crippen LogP contribution in [-0.4, -0.2) is 30.9 Å². The second-order valence-corrected chi connectivity index (χ2v) is 6.02. The maximum atomic E-state index is 12.4. The van der Waals surface area contributed by atoms with Crippen molar-refractivity contribution in [2.45, 2.75) is 25.8 Å². The van der Waals surface area contributed by atoms with Crippen LogP contribution in [0.25, 0.3) is 0 Å². The smallest absolute Gasteiger partial charge is 0.253 e. The summed E-state index contributed by atoms with van der Waals surface area (Å²) < 4.78 is 0. The normalized spacial score (nSPS) is 24.6. The molecule has 112 valence electrons. The molecule has 1 aromatic carbocycles. The Kier molecular flexibility index (Phi) is 3.92. The Hall–Kier alpha value is -1.88. The van der Waals surface area contributed by atoms with Crippen LogP contribution in [0.2, 0.25) is 0 Å². The standard InChI is InChI=1S/C16H21N3O2/c1-10-8-17-9-13(10)16(21)19-14-5-3-2-4-12(14)15(20)18-11-6-7-11/h2-5,10-11,13,17H,6-9H2,1H3,(H,18,20)(H,19,21)/t10-,13-/m1/s1. The molecule has 21 heavy (non-hydrogen) atoms. The lowest BCUT2D eigenvalue weighted by Crippen LogP contribution is -2.30. The predicted octanol–water partition coefficient (Wildman–Crippen LogP) is 1.37. The van der Waals surface area contributed by atoms with E-state index in [0.29, 0.717) is 29.8 Å². The Bertz CT molecular complexity index is 554. The summed E-state index contributed by atoms with van der Waals surface area (Å²) in [6.45, 7) is 3.63. The van der Waals surface area contributed by atoms with Crippen molar-refractivity contribution in [2.75, 3.05) is 18.4 Å². The molecule has 0 radical (unpaired) electrons. The third-order valence-corrected chi connectivity index (χ3v) is 4.20. The summed E-state index contributed by atoms with van der Waals surface area (Å²) in [5.41, 5.74) is 1.14. The van der Waals surface area contributed by atoms with Gasteiger partial charge in [0.1, 0.15) is 0 Å². The van der Waals surface area contributed by atoms with Crippen molar-refractivity contribution in [2.24, 2.45) is 11.8 Å². The summed E-state index contributed by atoms with van der Waals surface area (Å²) >= 11 is 0. The number of nitrogens with one attached hydrogen (secondary N) is 3. The van der Waals surface area contributed by atoms with Crippen LogP contribution >= 0.6 is 0 Å². The van der Waals surface area contributed by atoms with Gasteiger partial charge < -0.3 is 16.0 Å². The van der Waals surface area contributed by atoms with Crippen LogP contribution in [0.5, 0.6) is 0 Å². The number of carbonyl (C=O) groups is 2. The number of hydrogen-bond donors (Lipinski definition) is 3. The van der Waals surface area contributed by atoms with E-state index in [4.69, 9.17) is 0 Å². The summed E-state index contributed by atoms with van der Waals surface area (Å²) in [5, 5.41) is 9.10. The second kappa shape index (κ2) is 5.85. The molecule has 2 amide bonds. The topological polar surface area (TPSA) is 70.2 Å². The molecule has 2 aliphatic rings. The zero-order valence-electron chi connectivity index (χ0n) is 12.2. The second-order valence-electron chi connectivity index (χ2n) is 6.02. The van der Waals surface area contributed by atoms with Gasteiger partial charge in [-0.15, -0.1) is 0 Å². The van der Waals surface area contributed by atoms with E-state index in [1.54, 1.807) is 12.1 Å². The average molecular weight is 287 g/mol. The van der Waals surface area contributed by atoms with Crippen LogP contribution in [-0.2, 0) is 4.79 Å². The highest BCUT2D eigenvalue weighted by Crippen LogP contribution is 2.23. The summed E-state index contributed by atoms with van der Waals surface area (Å²) in [6, 6.07) is 7.49. The van der Waals surface area contributed by atoms with Crippen molar-refractivity contribution < 1.29 is 9.59 Å². The fraction of sp³-hybridized carbons (Fsp3) is 0.500. The van der Waals surface area contributed by atoms with Crippen molar-refractivity contribution >= 4 is 17.5 Å². The van der Waals surface area contributed by atoms with Crippen LogP contribution in [0.15, 0.2) is 24.3 Å². The number of hydrogen-bond acceptors (Lipinski definition) is 3. The molecule has 0 bridgehead atoms. The first-order chi connectivity index (χ1) is 10.1. The van der Waals surface area contributed by atoms with Crippen molar-refractivity contribution in [3.63, 3.8) is 0 Å². The number of para-hydroxylation sites is 1. The van der Waals surface area contributed by atoms with Crippen LogP contribution in [0.4, 0.5) is 5.69 Å². The van der Waals surface area contributed by atoms with Crippen molar-refractivity contribution in [3.05, 3.63) is 29.8 Å². The molecular formula is C16H21N3O2. The fourth-order valence-electron chi connectivity index (χ4n) is 2.67.